The van der Waals surface area contributed by atoms with E-state index in [1.165, 1.54) is 47.6 Å². The molecule has 2 heterocycles. The van der Waals surface area contributed by atoms with Crippen LogP contribution in [0, 0.1) is 11.7 Å². The van der Waals surface area contributed by atoms with Gasteiger partial charge in [0.05, 0.1) is 18.0 Å². The summed E-state index contributed by atoms with van der Waals surface area (Å²) < 4.78 is 20.4. The Morgan fingerprint density at radius 1 is 1.20 bits per heavy atom. The maximum atomic E-state index is 14.7. The summed E-state index contributed by atoms with van der Waals surface area (Å²) in [6, 6.07) is 9.16. The number of urea groups is 1. The van der Waals surface area contributed by atoms with Gasteiger partial charge in [-0.2, -0.15) is 0 Å². The number of thiazole rings is 1. The van der Waals surface area contributed by atoms with Crippen LogP contribution in [0.15, 0.2) is 48.0 Å². The summed E-state index contributed by atoms with van der Waals surface area (Å²) in [5.74, 6) is 0.124. The van der Waals surface area contributed by atoms with Crippen molar-refractivity contribution in [1.82, 2.24) is 9.97 Å². The summed E-state index contributed by atoms with van der Waals surface area (Å²) in [5, 5.41) is 2.13. The molecule has 0 atom stereocenters. The number of hydrogen-bond acceptors (Lipinski definition) is 5. The van der Waals surface area contributed by atoms with Crippen LogP contribution in [0.5, 0.6) is 5.75 Å². The average molecular weight is 427 g/mol. The summed E-state index contributed by atoms with van der Waals surface area (Å²) in [4.78, 5) is 22.0. The summed E-state index contributed by atoms with van der Waals surface area (Å²) in [7, 11) is 0. The Hall–Kier alpha value is -3.00. The molecule has 2 aromatic heterocycles. The molecule has 0 unspecified atom stereocenters. The van der Waals surface area contributed by atoms with Crippen molar-refractivity contribution in [2.45, 2.75) is 32.1 Å². The van der Waals surface area contributed by atoms with Gasteiger partial charge in [-0.1, -0.05) is 25.3 Å². The van der Waals surface area contributed by atoms with E-state index in [2.05, 4.69) is 9.97 Å². The number of anilines is 2. The van der Waals surface area contributed by atoms with E-state index < -0.39 is 11.8 Å². The fourth-order valence-electron chi connectivity index (χ4n) is 3.64. The van der Waals surface area contributed by atoms with Crippen LogP contribution >= 0.6 is 11.3 Å². The normalized spacial score (nSPS) is 14.4. The van der Waals surface area contributed by atoms with Crippen molar-refractivity contribution in [2.75, 3.05) is 11.5 Å². The molecule has 1 saturated carbocycles. The first-order valence-electron chi connectivity index (χ1n) is 10.0. The van der Waals surface area contributed by atoms with Crippen molar-refractivity contribution in [3.05, 3.63) is 53.8 Å². The Morgan fingerprint density at radius 2 is 2.03 bits per heavy atom. The van der Waals surface area contributed by atoms with Gasteiger partial charge in [0.2, 0.25) is 0 Å². The number of carbonyl (C=O) groups is 1. The highest BCUT2D eigenvalue weighted by Gasteiger charge is 2.22. The molecule has 0 saturated heterocycles. The smallest absolute Gasteiger partial charge is 0.325 e. The first kappa shape index (κ1) is 20.3. The van der Waals surface area contributed by atoms with Crippen molar-refractivity contribution >= 4 is 28.2 Å². The van der Waals surface area contributed by atoms with E-state index in [9.17, 15) is 9.18 Å². The maximum absolute atomic E-state index is 14.7. The van der Waals surface area contributed by atoms with Gasteiger partial charge in [-0.25, -0.2) is 19.1 Å². The van der Waals surface area contributed by atoms with Crippen molar-refractivity contribution in [3.8, 4) is 17.1 Å². The summed E-state index contributed by atoms with van der Waals surface area (Å²) in [5.41, 5.74) is 7.18. The van der Waals surface area contributed by atoms with E-state index in [1.54, 1.807) is 17.6 Å². The second-order valence-corrected chi connectivity index (χ2v) is 8.17. The van der Waals surface area contributed by atoms with Crippen molar-refractivity contribution in [2.24, 2.45) is 11.7 Å². The molecule has 2 N–H and O–H groups in total. The lowest BCUT2D eigenvalue weighted by Gasteiger charge is -2.22. The van der Waals surface area contributed by atoms with Gasteiger partial charge in [0, 0.05) is 17.6 Å². The van der Waals surface area contributed by atoms with Crippen LogP contribution in [0.1, 0.15) is 32.1 Å². The topological polar surface area (TPSA) is 81.3 Å². The predicted molar refractivity (Wildman–Crippen MR) is 116 cm³/mol. The van der Waals surface area contributed by atoms with Crippen molar-refractivity contribution < 1.29 is 13.9 Å². The standard InChI is InChI=1S/C22H23FN4O2S/c23-17-12-16(9-10-20(17)29-13-15-6-2-1-3-7-15)27(21(24)28)22-26-19(14-30-22)18-8-4-5-11-25-18/h4-5,8-12,14-15H,1-3,6-7,13H2,(H2,24,28). The molecule has 30 heavy (non-hydrogen) atoms. The monoisotopic (exact) mass is 426 g/mol. The largest absolute Gasteiger partial charge is 0.490 e. The zero-order valence-corrected chi connectivity index (χ0v) is 17.3. The number of primary amides is 1. The molecule has 1 fully saturated rings. The van der Waals surface area contributed by atoms with Crippen LogP contribution in [0.3, 0.4) is 0 Å². The third kappa shape index (κ3) is 4.59. The molecule has 1 aliphatic rings. The van der Waals surface area contributed by atoms with Gasteiger partial charge >= 0.3 is 6.03 Å². The van der Waals surface area contributed by atoms with Gasteiger partial charge in [0.1, 0.15) is 5.69 Å². The molecule has 0 radical (unpaired) electrons. The first-order valence-corrected chi connectivity index (χ1v) is 10.9. The molecule has 0 aliphatic heterocycles. The molecule has 1 aliphatic carbocycles. The molecule has 4 rings (SSSR count). The fourth-order valence-corrected chi connectivity index (χ4v) is 4.48. The molecule has 156 valence electrons. The van der Waals surface area contributed by atoms with E-state index in [0.29, 0.717) is 34.7 Å². The molecule has 0 spiro atoms. The van der Waals surface area contributed by atoms with Crippen LogP contribution < -0.4 is 15.4 Å². The van der Waals surface area contributed by atoms with E-state index >= 15 is 0 Å². The third-order valence-corrected chi connectivity index (χ3v) is 6.03. The number of amides is 2. The lowest BCUT2D eigenvalue weighted by atomic mass is 9.90. The van der Waals surface area contributed by atoms with E-state index in [0.717, 1.165) is 12.8 Å². The molecular formula is C22H23FN4O2S. The number of halogens is 1. The van der Waals surface area contributed by atoms with E-state index in [1.807, 2.05) is 18.2 Å². The minimum absolute atomic E-state index is 0.182. The highest BCUT2D eigenvalue weighted by atomic mass is 32.1. The van der Waals surface area contributed by atoms with E-state index in [4.69, 9.17) is 10.5 Å². The number of nitrogens with two attached hydrogens (primary N) is 1. The van der Waals surface area contributed by atoms with Crippen LogP contribution in [0.25, 0.3) is 11.4 Å². The second kappa shape index (κ2) is 9.21. The van der Waals surface area contributed by atoms with Crippen LogP contribution in [0.4, 0.5) is 20.0 Å². The van der Waals surface area contributed by atoms with Gasteiger partial charge < -0.3 is 10.5 Å². The Morgan fingerprint density at radius 3 is 2.73 bits per heavy atom. The summed E-state index contributed by atoms with van der Waals surface area (Å²) >= 11 is 1.24. The quantitative estimate of drug-likeness (QED) is 0.563. The van der Waals surface area contributed by atoms with Crippen LogP contribution in [-0.2, 0) is 0 Å². The molecular weight excluding hydrogens is 403 g/mol. The Labute approximate surface area is 178 Å². The Kier molecular flexibility index (Phi) is 6.23. The number of benzene rings is 1. The molecule has 0 bridgehead atoms. The zero-order valence-electron chi connectivity index (χ0n) is 16.5. The molecule has 2 amide bonds. The molecule has 1 aromatic carbocycles. The van der Waals surface area contributed by atoms with E-state index in [-0.39, 0.29) is 5.75 Å². The fraction of sp³-hybridized carbons (Fsp3) is 0.318. The van der Waals surface area contributed by atoms with Crippen molar-refractivity contribution in [3.63, 3.8) is 0 Å². The third-order valence-electron chi connectivity index (χ3n) is 5.20. The molecule has 8 heteroatoms. The number of pyridine rings is 1. The molecule has 6 nitrogen and oxygen atoms in total. The van der Waals surface area contributed by atoms with Gasteiger partial charge in [0.15, 0.2) is 16.7 Å². The van der Waals surface area contributed by atoms with Crippen LogP contribution in [0.2, 0.25) is 0 Å². The van der Waals surface area contributed by atoms with Crippen LogP contribution in [-0.4, -0.2) is 22.6 Å². The average Bonchev–Trinajstić information content (AvgIpc) is 3.24. The predicted octanol–water partition coefficient (Wildman–Crippen LogP) is 5.52. The number of rotatable bonds is 6. The Bertz CT molecular complexity index is 1010. The minimum Gasteiger partial charge on any atom is -0.490 e. The van der Waals surface area contributed by atoms with Gasteiger partial charge in [-0.05, 0) is 43.0 Å². The Balaban J connectivity index is 1.52. The zero-order chi connectivity index (χ0) is 20.9. The number of hydrogen-bond donors (Lipinski definition) is 1. The highest BCUT2D eigenvalue weighted by molar-refractivity contribution is 7.14. The van der Waals surface area contributed by atoms with Gasteiger partial charge in [-0.3, -0.25) is 4.98 Å². The SMILES string of the molecule is NC(=O)N(c1ccc(OCC2CCCCC2)c(F)c1)c1nc(-c2ccccn2)cs1. The van der Waals surface area contributed by atoms with Gasteiger partial charge in [0.25, 0.3) is 0 Å². The lowest BCUT2D eigenvalue weighted by molar-refractivity contribution is 0.202. The number of aromatic nitrogens is 2. The summed E-state index contributed by atoms with van der Waals surface area (Å²) in [6.07, 6.45) is 7.59. The summed E-state index contributed by atoms with van der Waals surface area (Å²) in [6.45, 7) is 0.510. The maximum Gasteiger partial charge on any atom is 0.325 e. The molecule has 3 aromatic rings. The number of carbonyl (C=O) groups excluding carboxylic acids is 1. The number of ether oxygens (including phenoxy) is 1. The lowest BCUT2D eigenvalue weighted by Crippen LogP contribution is -2.31. The minimum atomic E-state index is -0.743. The highest BCUT2D eigenvalue weighted by Crippen LogP contribution is 2.34. The first-order chi connectivity index (χ1) is 14.6. The van der Waals surface area contributed by atoms with Crippen molar-refractivity contribution in [1.29, 1.82) is 0 Å². The second-order valence-electron chi connectivity index (χ2n) is 7.33. The number of nitrogens with zero attached hydrogens (tertiary/aromatic N) is 3. The van der Waals surface area contributed by atoms with Gasteiger partial charge in [-0.15, -0.1) is 11.3 Å².